The molecular formula is C17H18N2O3S. The average Bonchev–Trinajstić information content (AvgIpc) is 2.59. The molecule has 0 aliphatic heterocycles. The van der Waals surface area contributed by atoms with Crippen LogP contribution < -0.4 is 10.2 Å². The molecule has 0 atom stereocenters. The molecule has 2 aromatic rings. The second-order valence-corrected chi connectivity index (χ2v) is 5.58. The fraction of sp³-hybridized carbons (Fsp3) is 0.176. The highest BCUT2D eigenvalue weighted by Gasteiger charge is 2.09. The van der Waals surface area contributed by atoms with Gasteiger partial charge in [0.1, 0.15) is 5.75 Å². The first kappa shape index (κ1) is 16.9. The number of benzene rings is 2. The molecule has 0 unspecified atom stereocenters. The Balaban J connectivity index is 2.26. The van der Waals surface area contributed by atoms with E-state index < -0.39 is 5.97 Å². The van der Waals surface area contributed by atoms with E-state index in [9.17, 15) is 4.79 Å². The number of nitrogens with one attached hydrogen (secondary N) is 1. The summed E-state index contributed by atoms with van der Waals surface area (Å²) in [7, 11) is 1.63. The third kappa shape index (κ3) is 4.04. The van der Waals surface area contributed by atoms with Crippen LogP contribution in [0.2, 0.25) is 0 Å². The summed E-state index contributed by atoms with van der Waals surface area (Å²) >= 11 is 1.61. The quantitative estimate of drug-likeness (QED) is 0.477. The van der Waals surface area contributed by atoms with E-state index in [1.807, 2.05) is 31.4 Å². The zero-order valence-corrected chi connectivity index (χ0v) is 14.0. The molecule has 5 nitrogen and oxygen atoms in total. The van der Waals surface area contributed by atoms with Crippen LogP contribution in [0, 0.1) is 0 Å². The van der Waals surface area contributed by atoms with Gasteiger partial charge < -0.3 is 9.84 Å². The number of hydrogen-bond donors (Lipinski definition) is 2. The molecular weight excluding hydrogens is 312 g/mol. The van der Waals surface area contributed by atoms with Crippen LogP contribution in [-0.2, 0) is 0 Å². The maximum atomic E-state index is 11.2. The van der Waals surface area contributed by atoms with Crippen LogP contribution >= 0.6 is 11.8 Å². The van der Waals surface area contributed by atoms with Crippen molar-refractivity contribution in [1.82, 2.24) is 0 Å². The van der Waals surface area contributed by atoms with Crippen LogP contribution in [0.15, 0.2) is 52.5 Å². The minimum Gasteiger partial charge on any atom is -0.496 e. The standard InChI is InChI=1S/C17H18N2O3S/c1-11(12-8-9-16(23-3)15(10-12)22-2)18-19-14-7-5-4-6-13(14)17(20)21/h4-10,19H,1-3H3,(H,20,21). The largest absolute Gasteiger partial charge is 0.496 e. The van der Waals surface area contributed by atoms with Gasteiger partial charge in [-0.25, -0.2) is 4.79 Å². The molecule has 23 heavy (non-hydrogen) atoms. The second kappa shape index (κ2) is 7.69. The molecule has 120 valence electrons. The predicted molar refractivity (Wildman–Crippen MR) is 94.0 cm³/mol. The van der Waals surface area contributed by atoms with Gasteiger partial charge in [0.15, 0.2) is 0 Å². The van der Waals surface area contributed by atoms with Gasteiger partial charge in [-0.1, -0.05) is 18.2 Å². The van der Waals surface area contributed by atoms with Crippen molar-refractivity contribution in [2.45, 2.75) is 11.8 Å². The first-order valence-corrected chi connectivity index (χ1v) is 8.14. The Labute approximate surface area is 139 Å². The van der Waals surface area contributed by atoms with Gasteiger partial charge in [-0.2, -0.15) is 5.10 Å². The first-order chi connectivity index (χ1) is 11.1. The summed E-state index contributed by atoms with van der Waals surface area (Å²) in [5.41, 5.74) is 5.09. The summed E-state index contributed by atoms with van der Waals surface area (Å²) in [6, 6.07) is 12.5. The summed E-state index contributed by atoms with van der Waals surface area (Å²) in [6.45, 7) is 1.85. The van der Waals surface area contributed by atoms with Crippen LogP contribution in [0.5, 0.6) is 5.75 Å². The Morgan fingerprint density at radius 2 is 2.00 bits per heavy atom. The molecule has 0 radical (unpaired) electrons. The topological polar surface area (TPSA) is 70.9 Å². The molecule has 0 aliphatic rings. The van der Waals surface area contributed by atoms with Crippen molar-refractivity contribution >= 4 is 29.1 Å². The van der Waals surface area contributed by atoms with Crippen molar-refractivity contribution in [2.75, 3.05) is 18.8 Å². The second-order valence-electron chi connectivity index (χ2n) is 4.73. The number of nitrogens with zero attached hydrogens (tertiary/aromatic N) is 1. The third-order valence-corrected chi connectivity index (χ3v) is 4.08. The lowest BCUT2D eigenvalue weighted by Gasteiger charge is -2.10. The number of methoxy groups -OCH3 is 1. The highest BCUT2D eigenvalue weighted by molar-refractivity contribution is 7.98. The van der Waals surface area contributed by atoms with Gasteiger partial charge in [0.25, 0.3) is 0 Å². The zero-order chi connectivity index (χ0) is 16.8. The number of carbonyl (C=O) groups is 1. The van der Waals surface area contributed by atoms with Gasteiger partial charge in [0.2, 0.25) is 0 Å². The Bertz CT molecular complexity index is 744. The van der Waals surface area contributed by atoms with Gasteiger partial charge >= 0.3 is 5.97 Å². The van der Waals surface area contributed by atoms with E-state index in [1.165, 1.54) is 6.07 Å². The zero-order valence-electron chi connectivity index (χ0n) is 13.2. The number of hydrazone groups is 1. The summed E-state index contributed by atoms with van der Waals surface area (Å²) in [5, 5.41) is 13.4. The number of carboxylic acid groups (broad SMARTS) is 1. The highest BCUT2D eigenvalue weighted by atomic mass is 32.2. The summed E-state index contributed by atoms with van der Waals surface area (Å²) < 4.78 is 5.37. The molecule has 0 amide bonds. The minimum atomic E-state index is -0.994. The minimum absolute atomic E-state index is 0.180. The molecule has 2 aromatic carbocycles. The number of hydrogen-bond acceptors (Lipinski definition) is 5. The Morgan fingerprint density at radius 3 is 2.65 bits per heavy atom. The van der Waals surface area contributed by atoms with E-state index in [1.54, 1.807) is 37.1 Å². The van der Waals surface area contributed by atoms with Crippen LogP contribution in [0.3, 0.4) is 0 Å². The number of aromatic carboxylic acids is 1. The van der Waals surface area contributed by atoms with Crippen molar-refractivity contribution in [3.63, 3.8) is 0 Å². The monoisotopic (exact) mass is 330 g/mol. The van der Waals surface area contributed by atoms with E-state index >= 15 is 0 Å². The van der Waals surface area contributed by atoms with Crippen LogP contribution in [0.1, 0.15) is 22.8 Å². The Kier molecular flexibility index (Phi) is 5.65. The summed E-state index contributed by atoms with van der Waals surface area (Å²) in [5.74, 6) is -0.206. The van der Waals surface area contributed by atoms with Crippen molar-refractivity contribution in [1.29, 1.82) is 0 Å². The first-order valence-electron chi connectivity index (χ1n) is 6.92. The molecule has 6 heteroatoms. The highest BCUT2D eigenvalue weighted by Crippen LogP contribution is 2.28. The van der Waals surface area contributed by atoms with E-state index in [0.717, 1.165) is 21.9 Å². The fourth-order valence-corrected chi connectivity index (χ4v) is 2.58. The Morgan fingerprint density at radius 1 is 1.26 bits per heavy atom. The number of para-hydroxylation sites is 1. The van der Waals surface area contributed by atoms with Crippen LogP contribution in [0.4, 0.5) is 5.69 Å². The molecule has 0 aliphatic carbocycles. The average molecular weight is 330 g/mol. The van der Waals surface area contributed by atoms with Gasteiger partial charge in [0.05, 0.1) is 24.1 Å². The lowest BCUT2D eigenvalue weighted by Crippen LogP contribution is -2.05. The van der Waals surface area contributed by atoms with Gasteiger partial charge in [0, 0.05) is 10.5 Å². The molecule has 0 aromatic heterocycles. The molecule has 0 heterocycles. The molecule has 0 saturated carbocycles. The maximum Gasteiger partial charge on any atom is 0.337 e. The van der Waals surface area contributed by atoms with Gasteiger partial charge in [-0.15, -0.1) is 11.8 Å². The normalized spacial score (nSPS) is 11.2. The third-order valence-electron chi connectivity index (χ3n) is 3.30. The van der Waals surface area contributed by atoms with Gasteiger partial charge in [-0.3, -0.25) is 5.43 Å². The van der Waals surface area contributed by atoms with Crippen molar-refractivity contribution in [3.05, 3.63) is 53.6 Å². The van der Waals surface area contributed by atoms with Gasteiger partial charge in [-0.05, 0) is 37.4 Å². The lowest BCUT2D eigenvalue weighted by molar-refractivity contribution is 0.0698. The predicted octanol–water partition coefficient (Wildman–Crippen LogP) is 3.95. The summed E-state index contributed by atoms with van der Waals surface area (Å²) in [6.07, 6.45) is 1.99. The van der Waals surface area contributed by atoms with Crippen molar-refractivity contribution < 1.29 is 14.6 Å². The number of anilines is 1. The maximum absolute atomic E-state index is 11.2. The smallest absolute Gasteiger partial charge is 0.337 e. The van der Waals surface area contributed by atoms with E-state index in [-0.39, 0.29) is 5.56 Å². The van der Waals surface area contributed by atoms with E-state index in [0.29, 0.717) is 5.69 Å². The van der Waals surface area contributed by atoms with Crippen molar-refractivity contribution in [2.24, 2.45) is 5.10 Å². The molecule has 0 bridgehead atoms. The number of thioether (sulfide) groups is 1. The fourth-order valence-electron chi connectivity index (χ4n) is 2.04. The number of carboxylic acids is 1. The number of ether oxygens (including phenoxy) is 1. The van der Waals surface area contributed by atoms with Crippen LogP contribution in [0.25, 0.3) is 0 Å². The summed E-state index contributed by atoms with van der Waals surface area (Å²) in [4.78, 5) is 12.2. The van der Waals surface area contributed by atoms with E-state index in [4.69, 9.17) is 9.84 Å². The number of rotatable bonds is 6. The SMILES string of the molecule is COc1cc(C(C)=NNc2ccccc2C(=O)O)ccc1SC. The molecule has 0 saturated heterocycles. The molecule has 0 spiro atoms. The van der Waals surface area contributed by atoms with E-state index in [2.05, 4.69) is 10.5 Å². The molecule has 0 fully saturated rings. The van der Waals surface area contributed by atoms with Crippen LogP contribution in [-0.4, -0.2) is 30.2 Å². The molecule has 2 rings (SSSR count). The Hall–Kier alpha value is -2.47. The molecule has 2 N–H and O–H groups in total. The lowest BCUT2D eigenvalue weighted by atomic mass is 10.1. The van der Waals surface area contributed by atoms with Crippen molar-refractivity contribution in [3.8, 4) is 5.75 Å².